The summed E-state index contributed by atoms with van der Waals surface area (Å²) in [6.07, 6.45) is 0. The van der Waals surface area contributed by atoms with Crippen molar-refractivity contribution in [3.05, 3.63) is 83.2 Å². The molecule has 1 saturated heterocycles. The Labute approximate surface area is 269 Å². The molecule has 3 atom stereocenters. The molecule has 1 fully saturated rings. The van der Waals surface area contributed by atoms with E-state index in [1.807, 2.05) is 0 Å². The number of nitrogens with zero attached hydrogens (tertiary/aromatic N) is 6. The van der Waals surface area contributed by atoms with Crippen LogP contribution in [-0.2, 0) is 21.4 Å². The van der Waals surface area contributed by atoms with Crippen LogP contribution < -0.4 is 15.4 Å². The maximum absolute atomic E-state index is 13.7. The molecule has 17 heteroatoms. The Kier molecular flexibility index (Phi) is 8.76. The van der Waals surface area contributed by atoms with Crippen molar-refractivity contribution in [3.8, 4) is 17.1 Å². The fraction of sp³-hybridized carbons (Fsp3) is 0.241. The number of aryl methyl sites for hydroxylation is 1. The highest BCUT2D eigenvalue weighted by molar-refractivity contribution is 8.01. The van der Waals surface area contributed by atoms with E-state index in [1.165, 1.54) is 46.3 Å². The van der Waals surface area contributed by atoms with Crippen LogP contribution in [0.25, 0.3) is 11.3 Å². The summed E-state index contributed by atoms with van der Waals surface area (Å²) in [5, 5.41) is 30.4. The summed E-state index contributed by atoms with van der Waals surface area (Å²) in [5.41, 5.74) is 1.47. The van der Waals surface area contributed by atoms with Gasteiger partial charge in [-0.25, -0.2) is 9.48 Å². The molecular weight excluding hydrogens is 637 g/mol. The van der Waals surface area contributed by atoms with E-state index in [0.29, 0.717) is 39.1 Å². The van der Waals surface area contributed by atoms with Gasteiger partial charge < -0.3 is 25.0 Å². The van der Waals surface area contributed by atoms with Gasteiger partial charge in [0.15, 0.2) is 11.5 Å². The van der Waals surface area contributed by atoms with E-state index < -0.39 is 41.1 Å². The Hall–Kier alpha value is -5.16. The van der Waals surface area contributed by atoms with E-state index >= 15 is 0 Å². The highest BCUT2D eigenvalue weighted by Gasteiger charge is 2.54. The van der Waals surface area contributed by atoms with Gasteiger partial charge in [0.05, 0.1) is 7.11 Å². The maximum Gasteiger partial charge on any atom is 0.352 e. The molecule has 0 spiro atoms. The van der Waals surface area contributed by atoms with Gasteiger partial charge in [-0.1, -0.05) is 59.4 Å². The van der Waals surface area contributed by atoms with E-state index in [0.717, 1.165) is 0 Å². The number of carboxylic acids is 1. The quantitative estimate of drug-likeness (QED) is 0.156. The zero-order valence-electron chi connectivity index (χ0n) is 24.3. The average Bonchev–Trinajstić information content (AvgIpc) is 3.74. The highest BCUT2D eigenvalue weighted by atomic mass is 32.2. The number of ether oxygens (including phenoxy) is 1. The number of rotatable bonds is 11. The number of hydrogen-bond donors (Lipinski definition) is 3. The predicted molar refractivity (Wildman–Crippen MR) is 164 cm³/mol. The lowest BCUT2D eigenvalue weighted by Gasteiger charge is -2.49. The van der Waals surface area contributed by atoms with Crippen molar-refractivity contribution in [3.63, 3.8) is 0 Å². The summed E-state index contributed by atoms with van der Waals surface area (Å²) < 4.78 is 12.1. The van der Waals surface area contributed by atoms with Crippen LogP contribution in [0.2, 0.25) is 0 Å². The molecular formula is C29H26N8O7S2. The number of carboxylic acid groups (broad SMARTS) is 1. The topological polar surface area (TPSA) is 195 Å². The second-order valence-electron chi connectivity index (χ2n) is 10.2. The normalized spacial score (nSPS) is 18.0. The number of benzene rings is 2. The molecule has 0 bridgehead atoms. The van der Waals surface area contributed by atoms with Crippen LogP contribution in [0.1, 0.15) is 22.1 Å². The van der Waals surface area contributed by atoms with E-state index in [1.54, 1.807) is 61.6 Å². The third kappa shape index (κ3) is 6.05. The zero-order valence-corrected chi connectivity index (χ0v) is 25.9. The van der Waals surface area contributed by atoms with Crippen LogP contribution in [0.3, 0.4) is 0 Å². The van der Waals surface area contributed by atoms with Gasteiger partial charge in [0.1, 0.15) is 28.9 Å². The molecule has 4 heterocycles. The number of carbonyl (C=O) groups excluding carboxylic acids is 3. The van der Waals surface area contributed by atoms with E-state index in [2.05, 4.69) is 31.3 Å². The van der Waals surface area contributed by atoms with E-state index in [4.69, 9.17) is 9.26 Å². The molecule has 4 aromatic rings. The molecule has 6 rings (SSSR count). The summed E-state index contributed by atoms with van der Waals surface area (Å²) in [6, 6.07) is 14.8. The van der Waals surface area contributed by atoms with Crippen molar-refractivity contribution in [1.82, 2.24) is 40.9 Å². The van der Waals surface area contributed by atoms with Gasteiger partial charge in [-0.15, -0.1) is 16.9 Å². The van der Waals surface area contributed by atoms with E-state index in [-0.39, 0.29) is 17.1 Å². The van der Waals surface area contributed by atoms with Crippen LogP contribution in [-0.4, -0.2) is 89.1 Å². The molecule has 0 saturated carbocycles. The Morgan fingerprint density at radius 2 is 1.98 bits per heavy atom. The molecule has 236 valence electrons. The number of hydrogen-bond acceptors (Lipinski definition) is 12. The molecule has 3 N–H and O–H groups in total. The highest BCUT2D eigenvalue weighted by Crippen LogP contribution is 2.41. The SMILES string of the molecule is COc1cccc(-c2cc(C(=O)NC(C(=O)N[C@@H]3C(=O)N4C(C(=O)O)=C(CSc5nnnn5C)CS[C@@H]34)c3ccccc3)no2)c1. The summed E-state index contributed by atoms with van der Waals surface area (Å²) in [6.45, 7) is 0. The molecule has 1 unspecified atom stereocenters. The number of aliphatic carboxylic acids is 1. The number of amides is 3. The molecule has 15 nitrogen and oxygen atoms in total. The minimum atomic E-state index is -1.24. The number of β-lactam (4-membered cyclic amide) rings is 1. The number of carbonyl (C=O) groups is 4. The predicted octanol–water partition coefficient (Wildman–Crippen LogP) is 1.88. The molecule has 46 heavy (non-hydrogen) atoms. The second kappa shape index (κ2) is 13.1. The molecule has 0 radical (unpaired) electrons. The smallest absolute Gasteiger partial charge is 0.352 e. The fourth-order valence-electron chi connectivity index (χ4n) is 4.97. The van der Waals surface area contributed by atoms with Crippen LogP contribution in [0, 0.1) is 0 Å². The number of nitrogens with one attached hydrogen (secondary N) is 2. The molecule has 2 aromatic heterocycles. The lowest BCUT2D eigenvalue weighted by Crippen LogP contribution is -2.71. The third-order valence-corrected chi connectivity index (χ3v) is 9.71. The summed E-state index contributed by atoms with van der Waals surface area (Å²) in [5.74, 6) is -1.62. The monoisotopic (exact) mass is 662 g/mol. The zero-order chi connectivity index (χ0) is 32.4. The minimum absolute atomic E-state index is 0.0565. The number of aromatic nitrogens is 5. The Bertz CT molecular complexity index is 1840. The first-order valence-electron chi connectivity index (χ1n) is 13.8. The van der Waals surface area contributed by atoms with Gasteiger partial charge in [-0.05, 0) is 33.7 Å². The largest absolute Gasteiger partial charge is 0.497 e. The lowest BCUT2D eigenvalue weighted by molar-refractivity contribution is -0.151. The van der Waals surface area contributed by atoms with Crippen molar-refractivity contribution in [2.75, 3.05) is 18.6 Å². The van der Waals surface area contributed by atoms with Crippen molar-refractivity contribution in [2.45, 2.75) is 22.6 Å². The van der Waals surface area contributed by atoms with Crippen LogP contribution in [0.5, 0.6) is 5.75 Å². The Morgan fingerprint density at radius 1 is 1.17 bits per heavy atom. The fourth-order valence-corrected chi connectivity index (χ4v) is 7.31. The van der Waals surface area contributed by atoms with Gasteiger partial charge in [-0.3, -0.25) is 19.3 Å². The Balaban J connectivity index is 1.17. The van der Waals surface area contributed by atoms with Crippen molar-refractivity contribution in [1.29, 1.82) is 0 Å². The van der Waals surface area contributed by atoms with Gasteiger partial charge in [-0.2, -0.15) is 0 Å². The first-order valence-corrected chi connectivity index (χ1v) is 15.8. The third-order valence-electron chi connectivity index (χ3n) is 7.27. The number of fused-ring (bicyclic) bond motifs is 1. The van der Waals surface area contributed by atoms with Crippen LogP contribution >= 0.6 is 23.5 Å². The maximum atomic E-state index is 13.7. The molecule has 2 aliphatic rings. The van der Waals surface area contributed by atoms with Crippen molar-refractivity contribution in [2.24, 2.45) is 7.05 Å². The van der Waals surface area contributed by atoms with Gasteiger partial charge in [0.2, 0.25) is 11.1 Å². The molecule has 2 aromatic carbocycles. The minimum Gasteiger partial charge on any atom is -0.497 e. The van der Waals surface area contributed by atoms with Crippen molar-refractivity contribution < 1.29 is 33.5 Å². The van der Waals surface area contributed by atoms with Gasteiger partial charge in [0, 0.05) is 30.2 Å². The molecule has 3 amide bonds. The second-order valence-corrected chi connectivity index (χ2v) is 12.2. The lowest BCUT2D eigenvalue weighted by atomic mass is 10.0. The van der Waals surface area contributed by atoms with Crippen LogP contribution in [0.15, 0.2) is 81.6 Å². The molecule has 2 aliphatic heterocycles. The number of thioether (sulfide) groups is 2. The van der Waals surface area contributed by atoms with Crippen LogP contribution in [0.4, 0.5) is 0 Å². The summed E-state index contributed by atoms with van der Waals surface area (Å²) >= 11 is 2.59. The first-order chi connectivity index (χ1) is 22.2. The number of tetrazole rings is 1. The molecule has 0 aliphatic carbocycles. The summed E-state index contributed by atoms with van der Waals surface area (Å²) in [4.78, 5) is 53.7. The van der Waals surface area contributed by atoms with E-state index in [9.17, 15) is 24.3 Å². The first kappa shape index (κ1) is 30.8. The summed E-state index contributed by atoms with van der Waals surface area (Å²) in [7, 11) is 3.21. The van der Waals surface area contributed by atoms with Crippen molar-refractivity contribution >= 4 is 47.2 Å². The average molecular weight is 663 g/mol. The van der Waals surface area contributed by atoms with Gasteiger partial charge in [0.25, 0.3) is 11.8 Å². The Morgan fingerprint density at radius 3 is 2.70 bits per heavy atom. The number of methoxy groups -OCH3 is 1. The van der Waals surface area contributed by atoms with Gasteiger partial charge >= 0.3 is 5.97 Å². The standard InChI is InChI=1S/C29H26N8O7S2/c1-36-29(32-34-35-36)46-14-17-13-45-27-22(26(40)37(27)23(17)28(41)42)31-25(39)21(15-7-4-3-5-8-15)30-24(38)19-12-20(44-33-19)16-9-6-10-18(11-16)43-2/h3-12,21-22,27H,13-14H2,1-2H3,(H,30,38)(H,31,39)(H,41,42)/t21?,22-,27+/m1/s1.